The number of hydrogen-bond donors (Lipinski definition) is 2. The highest BCUT2D eigenvalue weighted by atomic mass is 35.5. The number of rotatable bonds is 4. The minimum Gasteiger partial charge on any atom is -0.322 e. The quantitative estimate of drug-likeness (QED) is 0.464. The predicted molar refractivity (Wildman–Crippen MR) is 124 cm³/mol. The van der Waals surface area contributed by atoms with Crippen molar-refractivity contribution < 1.29 is 13.2 Å². The normalized spacial score (nSPS) is 11.6. The minimum atomic E-state index is -3.94. The van der Waals surface area contributed by atoms with Gasteiger partial charge in [0.25, 0.3) is 5.91 Å². The van der Waals surface area contributed by atoms with Gasteiger partial charge < -0.3 is 9.88 Å². The molecule has 1 heterocycles. The van der Waals surface area contributed by atoms with Gasteiger partial charge in [0.05, 0.1) is 16.3 Å². The van der Waals surface area contributed by atoms with E-state index in [2.05, 4.69) is 23.5 Å². The first-order chi connectivity index (χ1) is 14.7. The van der Waals surface area contributed by atoms with Crippen LogP contribution in [0, 0.1) is 13.8 Å². The van der Waals surface area contributed by atoms with Gasteiger partial charge in [-0.3, -0.25) is 4.79 Å². The van der Waals surface area contributed by atoms with Gasteiger partial charge in [-0.1, -0.05) is 48.0 Å². The van der Waals surface area contributed by atoms with E-state index in [1.54, 1.807) is 0 Å². The maximum atomic E-state index is 13.0. The van der Waals surface area contributed by atoms with Gasteiger partial charge in [0.2, 0.25) is 10.0 Å². The van der Waals surface area contributed by atoms with Gasteiger partial charge in [0, 0.05) is 22.5 Å². The molecule has 6 nitrogen and oxygen atoms in total. The molecule has 158 valence electrons. The van der Waals surface area contributed by atoms with Crippen LogP contribution in [0.5, 0.6) is 0 Å². The Kier molecular flexibility index (Phi) is 5.35. The molecule has 0 saturated heterocycles. The fraction of sp³-hybridized carbons (Fsp3) is 0.0870. The SMILES string of the molecule is Cc1cc(C(=O)Nc2ccc(S(N)(=O)=O)c(Cl)c2)c(C)n1-c1cccc2ccccc12. The second kappa shape index (κ2) is 7.85. The Bertz CT molecular complexity index is 1440. The van der Waals surface area contributed by atoms with Crippen LogP contribution in [-0.4, -0.2) is 18.9 Å². The maximum absolute atomic E-state index is 13.0. The van der Waals surface area contributed by atoms with E-state index in [0.29, 0.717) is 11.3 Å². The standard InChI is InChI=1S/C23H20ClN3O3S/c1-14-12-19(23(28)26-17-10-11-22(20(24)13-17)31(25,29)30)15(2)27(14)21-9-5-7-16-6-3-4-8-18(16)21/h3-13H,1-2H3,(H,26,28)(H2,25,29,30). The molecule has 0 bridgehead atoms. The largest absolute Gasteiger partial charge is 0.322 e. The molecule has 3 aromatic carbocycles. The summed E-state index contributed by atoms with van der Waals surface area (Å²) in [7, 11) is -3.94. The Hall–Kier alpha value is -3.13. The zero-order valence-corrected chi connectivity index (χ0v) is 18.5. The lowest BCUT2D eigenvalue weighted by Crippen LogP contribution is -2.15. The van der Waals surface area contributed by atoms with Crippen LogP contribution in [0.25, 0.3) is 16.5 Å². The Morgan fingerprint density at radius 1 is 1.00 bits per heavy atom. The Morgan fingerprint density at radius 2 is 1.71 bits per heavy atom. The third-order valence-corrected chi connectivity index (χ3v) is 6.57. The van der Waals surface area contributed by atoms with Gasteiger partial charge in [-0.2, -0.15) is 0 Å². The minimum absolute atomic E-state index is 0.0541. The highest BCUT2D eigenvalue weighted by molar-refractivity contribution is 7.89. The number of aryl methyl sites for hydroxylation is 1. The molecule has 0 aliphatic rings. The molecule has 0 spiro atoms. The van der Waals surface area contributed by atoms with E-state index in [4.69, 9.17) is 16.7 Å². The molecule has 0 fully saturated rings. The van der Waals surface area contributed by atoms with Gasteiger partial charge >= 0.3 is 0 Å². The number of anilines is 1. The number of nitrogens with one attached hydrogen (secondary N) is 1. The molecule has 0 aliphatic carbocycles. The molecule has 31 heavy (non-hydrogen) atoms. The van der Waals surface area contributed by atoms with Crippen molar-refractivity contribution in [1.29, 1.82) is 0 Å². The predicted octanol–water partition coefficient (Wildman–Crippen LogP) is 4.80. The van der Waals surface area contributed by atoms with Crippen molar-refractivity contribution in [2.24, 2.45) is 5.14 Å². The molecular formula is C23H20ClN3O3S. The zero-order valence-electron chi connectivity index (χ0n) is 16.9. The smallest absolute Gasteiger partial charge is 0.257 e. The van der Waals surface area contributed by atoms with Crippen LogP contribution in [0.1, 0.15) is 21.7 Å². The summed E-state index contributed by atoms with van der Waals surface area (Å²) < 4.78 is 25.1. The molecule has 4 aromatic rings. The van der Waals surface area contributed by atoms with Crippen LogP contribution in [0.4, 0.5) is 5.69 Å². The van der Waals surface area contributed by atoms with Crippen molar-refractivity contribution in [2.45, 2.75) is 18.7 Å². The number of nitrogens with zero attached hydrogens (tertiary/aromatic N) is 1. The van der Waals surface area contributed by atoms with Crippen molar-refractivity contribution in [1.82, 2.24) is 4.57 Å². The van der Waals surface area contributed by atoms with E-state index < -0.39 is 10.0 Å². The number of primary sulfonamides is 1. The van der Waals surface area contributed by atoms with E-state index in [0.717, 1.165) is 27.8 Å². The van der Waals surface area contributed by atoms with Gasteiger partial charge in [-0.05, 0) is 49.6 Å². The molecule has 0 aliphatic heterocycles. The number of carbonyl (C=O) groups excluding carboxylic acids is 1. The molecule has 1 amide bonds. The number of benzene rings is 3. The molecular weight excluding hydrogens is 434 g/mol. The first kappa shape index (κ1) is 21.1. The molecule has 4 rings (SSSR count). The molecule has 1 aromatic heterocycles. The number of aromatic nitrogens is 1. The molecule has 8 heteroatoms. The van der Waals surface area contributed by atoms with E-state index in [9.17, 15) is 13.2 Å². The van der Waals surface area contributed by atoms with E-state index >= 15 is 0 Å². The number of carbonyl (C=O) groups is 1. The zero-order chi connectivity index (χ0) is 22.3. The number of hydrogen-bond acceptors (Lipinski definition) is 3. The summed E-state index contributed by atoms with van der Waals surface area (Å²) in [5, 5.41) is 10.1. The van der Waals surface area contributed by atoms with Crippen molar-refractivity contribution in [3.63, 3.8) is 0 Å². The van der Waals surface area contributed by atoms with Crippen LogP contribution < -0.4 is 10.5 Å². The Balaban J connectivity index is 1.71. The summed E-state index contributed by atoms with van der Waals surface area (Å²) >= 11 is 6.03. The van der Waals surface area contributed by atoms with Crippen molar-refractivity contribution in [2.75, 3.05) is 5.32 Å². The molecule has 0 unspecified atom stereocenters. The van der Waals surface area contributed by atoms with E-state index in [1.807, 2.05) is 48.7 Å². The van der Waals surface area contributed by atoms with Gasteiger partial charge in [0.15, 0.2) is 0 Å². The van der Waals surface area contributed by atoms with Crippen LogP contribution in [-0.2, 0) is 10.0 Å². The summed E-state index contributed by atoms with van der Waals surface area (Å²) in [5.41, 5.74) is 3.59. The van der Waals surface area contributed by atoms with E-state index in [1.165, 1.54) is 18.2 Å². The Morgan fingerprint density at radius 3 is 2.42 bits per heavy atom. The van der Waals surface area contributed by atoms with Crippen molar-refractivity contribution in [3.8, 4) is 5.69 Å². The number of sulfonamides is 1. The van der Waals surface area contributed by atoms with Gasteiger partial charge in [-0.15, -0.1) is 0 Å². The Labute approximate surface area is 185 Å². The summed E-state index contributed by atoms with van der Waals surface area (Å²) in [4.78, 5) is 12.8. The third-order valence-electron chi connectivity index (χ3n) is 5.18. The maximum Gasteiger partial charge on any atom is 0.257 e. The second-order valence-corrected chi connectivity index (χ2v) is 9.20. The second-order valence-electron chi connectivity index (χ2n) is 7.26. The van der Waals surface area contributed by atoms with E-state index in [-0.39, 0.29) is 15.8 Å². The summed E-state index contributed by atoms with van der Waals surface area (Å²) in [6.45, 7) is 3.84. The number of amides is 1. The van der Waals surface area contributed by atoms with Crippen LogP contribution in [0.3, 0.4) is 0 Å². The van der Waals surface area contributed by atoms with Gasteiger partial charge in [-0.25, -0.2) is 13.6 Å². The average Bonchev–Trinajstić information content (AvgIpc) is 3.01. The molecule has 0 atom stereocenters. The number of halogens is 1. The first-order valence-electron chi connectivity index (χ1n) is 9.47. The molecule has 0 saturated carbocycles. The fourth-order valence-corrected chi connectivity index (χ4v) is 4.87. The van der Waals surface area contributed by atoms with Crippen molar-refractivity contribution in [3.05, 3.63) is 88.7 Å². The van der Waals surface area contributed by atoms with Crippen molar-refractivity contribution >= 4 is 44.0 Å². The molecule has 3 N–H and O–H groups in total. The van der Waals surface area contributed by atoms with Gasteiger partial charge in [0.1, 0.15) is 4.90 Å². The monoisotopic (exact) mass is 453 g/mol. The lowest BCUT2D eigenvalue weighted by molar-refractivity contribution is 0.102. The summed E-state index contributed by atoms with van der Waals surface area (Å²) in [6, 6.07) is 20.1. The highest BCUT2D eigenvalue weighted by Crippen LogP contribution is 2.29. The van der Waals surface area contributed by atoms with Crippen LogP contribution >= 0.6 is 11.6 Å². The average molecular weight is 454 g/mol. The summed E-state index contributed by atoms with van der Waals surface area (Å²) in [6.07, 6.45) is 0. The van der Waals surface area contributed by atoms with Crippen LogP contribution in [0.2, 0.25) is 5.02 Å². The first-order valence-corrected chi connectivity index (χ1v) is 11.4. The summed E-state index contributed by atoms with van der Waals surface area (Å²) in [5.74, 6) is -0.320. The third kappa shape index (κ3) is 3.95. The van der Waals surface area contributed by atoms with Crippen LogP contribution in [0.15, 0.2) is 71.6 Å². The topological polar surface area (TPSA) is 94.2 Å². The highest BCUT2D eigenvalue weighted by Gasteiger charge is 2.19. The lowest BCUT2D eigenvalue weighted by atomic mass is 10.1. The number of nitrogens with two attached hydrogens (primary N) is 1. The molecule has 0 radical (unpaired) electrons. The lowest BCUT2D eigenvalue weighted by Gasteiger charge is -2.13. The number of fused-ring (bicyclic) bond motifs is 1. The fourth-order valence-electron chi connectivity index (χ4n) is 3.77.